The number of carbonyl (C=O) groups is 1. The van der Waals surface area contributed by atoms with E-state index in [0.717, 1.165) is 48.6 Å². The van der Waals surface area contributed by atoms with Gasteiger partial charge in [-0.15, -0.1) is 10.2 Å². The first-order valence-electron chi connectivity index (χ1n) is 12.8. The number of halogens is 3. The van der Waals surface area contributed by atoms with Crippen molar-refractivity contribution < 1.29 is 18.3 Å². The smallest absolute Gasteiger partial charge is 0.249 e. The van der Waals surface area contributed by atoms with Gasteiger partial charge in [-0.25, -0.2) is 13.8 Å². The van der Waals surface area contributed by atoms with Gasteiger partial charge in [-0.3, -0.25) is 9.36 Å². The molecular weight excluding hydrogens is 500 g/mol. The minimum atomic E-state index is -2.73. The van der Waals surface area contributed by atoms with E-state index in [1.54, 1.807) is 6.20 Å². The highest BCUT2D eigenvalue weighted by atomic mass is 35.5. The van der Waals surface area contributed by atoms with Crippen LogP contribution in [0.15, 0.2) is 42.6 Å². The second-order valence-corrected chi connectivity index (χ2v) is 10.9. The third kappa shape index (κ3) is 5.06. The van der Waals surface area contributed by atoms with Crippen LogP contribution in [0.2, 0.25) is 5.02 Å². The molecule has 2 aliphatic carbocycles. The number of rotatable bonds is 5. The van der Waals surface area contributed by atoms with Crippen molar-refractivity contribution >= 4 is 17.5 Å². The Morgan fingerprint density at radius 2 is 1.89 bits per heavy atom. The minimum Gasteiger partial charge on any atom is -0.474 e. The summed E-state index contributed by atoms with van der Waals surface area (Å²) >= 11 is 6.34. The number of nitrogens with zero attached hydrogens (tertiary/aromatic N) is 4. The SMILES string of the molecule is O=C(N[C@@H]1Cc2cc(Cl)ccc2-n2c(nnc2[C@H]2CC[C@H](Oc3ccccn3)CC2)C1)C1CC(F)(F)C1. The van der Waals surface area contributed by atoms with Crippen LogP contribution in [0.3, 0.4) is 0 Å². The van der Waals surface area contributed by atoms with Crippen molar-refractivity contribution in [2.75, 3.05) is 0 Å². The molecule has 3 aliphatic rings. The maximum atomic E-state index is 13.3. The van der Waals surface area contributed by atoms with Crippen molar-refractivity contribution in [3.63, 3.8) is 0 Å². The molecule has 1 aromatic carbocycles. The van der Waals surface area contributed by atoms with Crippen LogP contribution < -0.4 is 10.1 Å². The summed E-state index contributed by atoms with van der Waals surface area (Å²) in [6, 6.07) is 11.1. The Balaban J connectivity index is 1.21. The highest BCUT2D eigenvalue weighted by Crippen LogP contribution is 2.42. The number of benzene rings is 1. The van der Waals surface area contributed by atoms with Gasteiger partial charge in [0.2, 0.25) is 17.7 Å². The summed E-state index contributed by atoms with van der Waals surface area (Å²) in [5.41, 5.74) is 1.93. The summed E-state index contributed by atoms with van der Waals surface area (Å²) in [5.74, 6) is -1.17. The molecule has 1 N–H and O–H groups in total. The third-order valence-electron chi connectivity index (χ3n) is 7.70. The molecule has 1 atom stereocenters. The average molecular weight is 528 g/mol. The quantitative estimate of drug-likeness (QED) is 0.502. The first kappa shape index (κ1) is 24.3. The van der Waals surface area contributed by atoms with Gasteiger partial charge >= 0.3 is 0 Å². The van der Waals surface area contributed by atoms with Gasteiger partial charge in [0, 0.05) is 54.4 Å². The van der Waals surface area contributed by atoms with E-state index in [-0.39, 0.29) is 36.8 Å². The van der Waals surface area contributed by atoms with Crippen LogP contribution >= 0.6 is 11.6 Å². The molecule has 1 aliphatic heterocycles. The molecule has 7 nitrogen and oxygen atoms in total. The predicted octanol–water partition coefficient (Wildman–Crippen LogP) is 5.05. The Labute approximate surface area is 218 Å². The van der Waals surface area contributed by atoms with E-state index in [9.17, 15) is 13.6 Å². The molecule has 2 saturated carbocycles. The number of amides is 1. The maximum absolute atomic E-state index is 13.3. The summed E-state index contributed by atoms with van der Waals surface area (Å²) in [5, 5.41) is 12.7. The second kappa shape index (κ2) is 9.67. The summed E-state index contributed by atoms with van der Waals surface area (Å²) in [6.45, 7) is 0. The fraction of sp³-hybridized carbons (Fsp3) is 0.481. The number of alkyl halides is 2. The Hall–Kier alpha value is -3.07. The maximum Gasteiger partial charge on any atom is 0.249 e. The zero-order valence-electron chi connectivity index (χ0n) is 20.2. The highest BCUT2D eigenvalue weighted by Gasteiger charge is 2.49. The Kier molecular flexibility index (Phi) is 6.34. The van der Waals surface area contributed by atoms with Crippen LogP contribution in [0.4, 0.5) is 8.78 Å². The molecule has 3 heterocycles. The molecule has 37 heavy (non-hydrogen) atoms. The molecule has 0 saturated heterocycles. The number of fused-ring (bicyclic) bond motifs is 3. The van der Waals surface area contributed by atoms with Crippen LogP contribution in [-0.4, -0.2) is 43.7 Å². The van der Waals surface area contributed by atoms with Gasteiger partial charge in [0.25, 0.3) is 0 Å². The van der Waals surface area contributed by atoms with Gasteiger partial charge in [-0.05, 0) is 61.9 Å². The predicted molar refractivity (Wildman–Crippen MR) is 133 cm³/mol. The van der Waals surface area contributed by atoms with Gasteiger partial charge in [0.15, 0.2) is 0 Å². The van der Waals surface area contributed by atoms with Crippen LogP contribution in [0.1, 0.15) is 61.7 Å². The molecule has 0 radical (unpaired) electrons. The van der Waals surface area contributed by atoms with E-state index in [0.29, 0.717) is 23.7 Å². The lowest BCUT2D eigenvalue weighted by atomic mass is 9.80. The number of aromatic nitrogens is 4. The van der Waals surface area contributed by atoms with E-state index in [1.165, 1.54) is 0 Å². The Bertz CT molecular complexity index is 1290. The molecule has 10 heteroatoms. The molecule has 2 aromatic heterocycles. The first-order chi connectivity index (χ1) is 17.8. The number of carbonyl (C=O) groups excluding carboxylic acids is 1. The molecular formula is C27H28ClF2N5O2. The van der Waals surface area contributed by atoms with Crippen LogP contribution in [0, 0.1) is 5.92 Å². The lowest BCUT2D eigenvalue weighted by Gasteiger charge is -2.34. The van der Waals surface area contributed by atoms with Crippen molar-refractivity contribution in [3.05, 3.63) is 64.8 Å². The molecule has 3 aromatic rings. The standard InChI is InChI=1S/C27H28ClF2N5O2/c28-19-6-9-22-17(11-19)12-20(32-26(36)18-14-27(29,30)15-18)13-23-33-34-25(35(22)23)16-4-7-21(8-5-16)37-24-3-1-2-10-31-24/h1-3,6,9-11,16,18,20-21H,4-5,7-8,12-15H2,(H,32,36)/t16-,20-,21-/m1/s1. The summed E-state index contributed by atoms with van der Waals surface area (Å²) in [7, 11) is 0. The number of hydrogen-bond donors (Lipinski definition) is 1. The summed E-state index contributed by atoms with van der Waals surface area (Å²) in [6.07, 6.45) is 5.67. The topological polar surface area (TPSA) is 81.9 Å². The van der Waals surface area contributed by atoms with Gasteiger partial charge in [-0.1, -0.05) is 17.7 Å². The van der Waals surface area contributed by atoms with Gasteiger partial charge < -0.3 is 10.1 Å². The van der Waals surface area contributed by atoms with Crippen molar-refractivity contribution in [2.24, 2.45) is 5.92 Å². The van der Waals surface area contributed by atoms with Gasteiger partial charge in [-0.2, -0.15) is 0 Å². The molecule has 0 unspecified atom stereocenters. The largest absolute Gasteiger partial charge is 0.474 e. The lowest BCUT2D eigenvalue weighted by molar-refractivity contribution is -0.150. The third-order valence-corrected chi connectivity index (χ3v) is 7.94. The van der Waals surface area contributed by atoms with E-state index in [4.69, 9.17) is 16.3 Å². The number of ether oxygens (including phenoxy) is 1. The molecule has 6 rings (SSSR count). The fourth-order valence-corrected chi connectivity index (χ4v) is 5.97. The molecule has 0 spiro atoms. The van der Waals surface area contributed by atoms with Gasteiger partial charge in [0.1, 0.15) is 17.8 Å². The van der Waals surface area contributed by atoms with Crippen molar-refractivity contribution in [3.8, 4) is 11.6 Å². The Morgan fingerprint density at radius 1 is 1.08 bits per heavy atom. The molecule has 194 valence electrons. The van der Waals surface area contributed by atoms with Gasteiger partial charge in [0.05, 0.1) is 5.69 Å². The number of nitrogens with one attached hydrogen (secondary N) is 1. The summed E-state index contributed by atoms with van der Waals surface area (Å²) < 4.78 is 34.8. The second-order valence-electron chi connectivity index (χ2n) is 10.4. The van der Waals surface area contributed by atoms with E-state index in [2.05, 4.69) is 25.1 Å². The molecule has 1 amide bonds. The first-order valence-corrected chi connectivity index (χ1v) is 13.2. The van der Waals surface area contributed by atoms with E-state index < -0.39 is 11.8 Å². The fourth-order valence-electron chi connectivity index (χ4n) is 5.78. The molecule has 0 bridgehead atoms. The minimum absolute atomic E-state index is 0.113. The summed E-state index contributed by atoms with van der Waals surface area (Å²) in [4.78, 5) is 16.9. The Morgan fingerprint density at radius 3 is 2.62 bits per heavy atom. The normalized spacial score (nSPS) is 24.8. The van der Waals surface area contributed by atoms with E-state index in [1.807, 2.05) is 36.4 Å². The van der Waals surface area contributed by atoms with E-state index >= 15 is 0 Å². The number of pyridine rings is 1. The van der Waals surface area contributed by atoms with Crippen LogP contribution in [-0.2, 0) is 17.6 Å². The van der Waals surface area contributed by atoms with Crippen molar-refractivity contribution in [2.45, 2.75) is 75.4 Å². The van der Waals surface area contributed by atoms with Crippen molar-refractivity contribution in [1.82, 2.24) is 25.1 Å². The number of hydrogen-bond acceptors (Lipinski definition) is 5. The van der Waals surface area contributed by atoms with Crippen molar-refractivity contribution in [1.29, 1.82) is 0 Å². The average Bonchev–Trinajstić information content (AvgIpc) is 3.20. The zero-order chi connectivity index (χ0) is 25.6. The van der Waals surface area contributed by atoms with Crippen LogP contribution in [0.25, 0.3) is 5.69 Å². The van der Waals surface area contributed by atoms with Crippen LogP contribution in [0.5, 0.6) is 5.88 Å². The highest BCUT2D eigenvalue weighted by molar-refractivity contribution is 6.30. The zero-order valence-corrected chi connectivity index (χ0v) is 21.0. The lowest BCUT2D eigenvalue weighted by Crippen LogP contribution is -2.48. The molecule has 2 fully saturated rings. The monoisotopic (exact) mass is 527 g/mol.